The molecule has 2 aromatic rings. The summed E-state index contributed by atoms with van der Waals surface area (Å²) in [6.45, 7) is 8.60. The van der Waals surface area contributed by atoms with Crippen molar-refractivity contribution in [3.63, 3.8) is 0 Å². The van der Waals surface area contributed by atoms with E-state index in [1.54, 1.807) is 0 Å². The zero-order valence-corrected chi connectivity index (χ0v) is 16.1. The van der Waals surface area contributed by atoms with Crippen LogP contribution in [0.2, 0.25) is 0 Å². The number of ether oxygens (including phenoxy) is 1. The summed E-state index contributed by atoms with van der Waals surface area (Å²) < 4.78 is 11.1. The fourth-order valence-electron chi connectivity index (χ4n) is 4.22. The van der Waals surface area contributed by atoms with Gasteiger partial charge in [0.25, 0.3) is 0 Å². The second kappa shape index (κ2) is 6.96. The maximum absolute atomic E-state index is 12.9. The number of hydrogen-bond donors (Lipinski definition) is 1. The zero-order valence-electron chi connectivity index (χ0n) is 16.1. The van der Waals surface area contributed by atoms with Crippen LogP contribution in [-0.2, 0) is 4.74 Å². The third-order valence-electron chi connectivity index (χ3n) is 6.02. The Morgan fingerprint density at radius 1 is 1.22 bits per heavy atom. The highest BCUT2D eigenvalue weighted by molar-refractivity contribution is 5.89. The highest BCUT2D eigenvalue weighted by Gasteiger charge is 2.51. The van der Waals surface area contributed by atoms with Gasteiger partial charge in [-0.25, -0.2) is 4.79 Å². The van der Waals surface area contributed by atoms with Crippen molar-refractivity contribution >= 4 is 11.7 Å². The first-order valence-electron chi connectivity index (χ1n) is 9.48. The fourth-order valence-corrected chi connectivity index (χ4v) is 4.22. The van der Waals surface area contributed by atoms with Crippen LogP contribution in [0.4, 0.5) is 10.5 Å². The quantitative estimate of drug-likeness (QED) is 0.876. The van der Waals surface area contributed by atoms with Crippen LogP contribution >= 0.6 is 0 Å². The van der Waals surface area contributed by atoms with Crippen LogP contribution < -0.4 is 5.32 Å². The summed E-state index contributed by atoms with van der Waals surface area (Å²) >= 11 is 0. The van der Waals surface area contributed by atoms with Gasteiger partial charge in [0.1, 0.15) is 0 Å². The van der Waals surface area contributed by atoms with Crippen molar-refractivity contribution in [1.82, 2.24) is 15.0 Å². The molecule has 1 spiro atoms. The number of nitrogens with zero attached hydrogens (tertiary/aromatic N) is 3. The summed E-state index contributed by atoms with van der Waals surface area (Å²) in [5.41, 5.74) is 3.13. The first kappa shape index (κ1) is 18.0. The van der Waals surface area contributed by atoms with E-state index >= 15 is 0 Å². The third-order valence-corrected chi connectivity index (χ3v) is 6.02. The zero-order chi connectivity index (χ0) is 19.0. The number of carbonyl (C=O) groups excluding carboxylic acids is 1. The summed E-state index contributed by atoms with van der Waals surface area (Å²) in [5.74, 6) is 1.31. The minimum atomic E-state index is -0.0807. The SMILES string of the molecule is Cc1noc([C@H]2CN(C(=O)Nc3ccc(C)c(C)c3)CC23CCOCC3)n1. The number of urea groups is 1. The van der Waals surface area contributed by atoms with E-state index in [0.717, 1.165) is 24.1 Å². The fraction of sp³-hybridized carbons (Fsp3) is 0.550. The van der Waals surface area contributed by atoms with Gasteiger partial charge in [-0.2, -0.15) is 4.98 Å². The first-order chi connectivity index (χ1) is 13.0. The van der Waals surface area contributed by atoms with E-state index in [0.29, 0.717) is 38.0 Å². The Kier molecular flexibility index (Phi) is 4.63. The molecule has 2 aliphatic heterocycles. The molecule has 27 heavy (non-hydrogen) atoms. The number of nitrogens with one attached hydrogen (secondary N) is 1. The van der Waals surface area contributed by atoms with Gasteiger partial charge in [0, 0.05) is 37.4 Å². The number of amides is 2. The van der Waals surface area contributed by atoms with Crippen molar-refractivity contribution < 1.29 is 14.1 Å². The average Bonchev–Trinajstić information content (AvgIpc) is 3.23. The monoisotopic (exact) mass is 370 g/mol. The molecule has 2 fully saturated rings. The van der Waals surface area contributed by atoms with Crippen LogP contribution in [0.3, 0.4) is 0 Å². The van der Waals surface area contributed by atoms with Crippen molar-refractivity contribution in [3.05, 3.63) is 41.0 Å². The largest absolute Gasteiger partial charge is 0.381 e. The van der Waals surface area contributed by atoms with E-state index in [-0.39, 0.29) is 17.4 Å². The number of hydrogen-bond acceptors (Lipinski definition) is 5. The molecule has 1 N–H and O–H groups in total. The second-order valence-corrected chi connectivity index (χ2v) is 7.82. The molecule has 7 heteroatoms. The van der Waals surface area contributed by atoms with E-state index in [4.69, 9.17) is 9.26 Å². The molecule has 7 nitrogen and oxygen atoms in total. The van der Waals surface area contributed by atoms with Gasteiger partial charge < -0.3 is 19.5 Å². The molecule has 0 unspecified atom stereocenters. The number of rotatable bonds is 2. The van der Waals surface area contributed by atoms with Crippen molar-refractivity contribution in [2.75, 3.05) is 31.6 Å². The molecule has 0 radical (unpaired) electrons. The molecular weight excluding hydrogens is 344 g/mol. The topological polar surface area (TPSA) is 80.5 Å². The number of aryl methyl sites for hydroxylation is 3. The molecule has 0 saturated carbocycles. The molecular formula is C20H26N4O3. The summed E-state index contributed by atoms with van der Waals surface area (Å²) in [5, 5.41) is 7.00. The predicted octanol–water partition coefficient (Wildman–Crippen LogP) is 3.42. The Labute approximate surface area is 159 Å². The van der Waals surface area contributed by atoms with Crippen LogP contribution in [0.1, 0.15) is 41.6 Å². The predicted molar refractivity (Wildman–Crippen MR) is 101 cm³/mol. The lowest BCUT2D eigenvalue weighted by Gasteiger charge is -2.36. The van der Waals surface area contributed by atoms with E-state index < -0.39 is 0 Å². The smallest absolute Gasteiger partial charge is 0.321 e. The van der Waals surface area contributed by atoms with Crippen LogP contribution in [0, 0.1) is 26.2 Å². The van der Waals surface area contributed by atoms with Gasteiger partial charge in [0.05, 0.1) is 5.92 Å². The maximum Gasteiger partial charge on any atom is 0.321 e. The Morgan fingerprint density at radius 2 is 2.00 bits per heavy atom. The van der Waals surface area contributed by atoms with Gasteiger partial charge in [0.15, 0.2) is 5.82 Å². The lowest BCUT2D eigenvalue weighted by molar-refractivity contribution is 0.00959. The lowest BCUT2D eigenvalue weighted by atomic mass is 9.72. The van der Waals surface area contributed by atoms with Crippen molar-refractivity contribution in [3.8, 4) is 0 Å². The lowest BCUT2D eigenvalue weighted by Crippen LogP contribution is -2.38. The van der Waals surface area contributed by atoms with Crippen LogP contribution in [0.25, 0.3) is 0 Å². The van der Waals surface area contributed by atoms with Gasteiger partial charge in [-0.05, 0) is 56.9 Å². The summed E-state index contributed by atoms with van der Waals surface area (Å²) in [4.78, 5) is 19.3. The maximum atomic E-state index is 12.9. The highest BCUT2D eigenvalue weighted by atomic mass is 16.5. The molecule has 1 aromatic heterocycles. The molecule has 4 rings (SSSR count). The van der Waals surface area contributed by atoms with E-state index in [2.05, 4.69) is 22.4 Å². The standard InChI is InChI=1S/C20H26N4O3/c1-13-4-5-16(10-14(13)2)22-19(25)24-11-17(18-21-15(3)23-27-18)20(12-24)6-8-26-9-7-20/h4-5,10,17H,6-9,11-12H2,1-3H3,(H,22,25)/t17-/m1/s1. The Bertz CT molecular complexity index is 842. The van der Waals surface area contributed by atoms with Crippen LogP contribution in [-0.4, -0.2) is 47.4 Å². The molecule has 0 bridgehead atoms. The molecule has 2 saturated heterocycles. The van der Waals surface area contributed by atoms with Gasteiger partial charge in [-0.3, -0.25) is 0 Å². The number of likely N-dealkylation sites (tertiary alicyclic amines) is 1. The summed E-state index contributed by atoms with van der Waals surface area (Å²) in [6, 6.07) is 5.90. The molecule has 0 aliphatic carbocycles. The molecule has 1 aromatic carbocycles. The van der Waals surface area contributed by atoms with Gasteiger partial charge in [-0.1, -0.05) is 11.2 Å². The molecule has 144 valence electrons. The Hall–Kier alpha value is -2.41. The van der Waals surface area contributed by atoms with E-state index in [1.807, 2.05) is 36.9 Å². The number of anilines is 1. The highest BCUT2D eigenvalue weighted by Crippen LogP contribution is 2.49. The first-order valence-corrected chi connectivity index (χ1v) is 9.48. The van der Waals surface area contributed by atoms with E-state index in [1.165, 1.54) is 5.56 Å². The number of carbonyl (C=O) groups is 1. The van der Waals surface area contributed by atoms with E-state index in [9.17, 15) is 4.79 Å². The molecule has 2 aliphatic rings. The molecule has 2 amide bonds. The minimum absolute atomic E-state index is 0.0492. The minimum Gasteiger partial charge on any atom is -0.381 e. The normalized spacial score (nSPS) is 21.6. The Morgan fingerprint density at radius 3 is 2.67 bits per heavy atom. The van der Waals surface area contributed by atoms with Crippen LogP contribution in [0.15, 0.2) is 22.7 Å². The summed E-state index contributed by atoms with van der Waals surface area (Å²) in [7, 11) is 0. The Balaban J connectivity index is 1.55. The van der Waals surface area contributed by atoms with Crippen LogP contribution in [0.5, 0.6) is 0 Å². The number of benzene rings is 1. The molecule has 3 heterocycles. The van der Waals surface area contributed by atoms with Gasteiger partial charge in [-0.15, -0.1) is 0 Å². The second-order valence-electron chi connectivity index (χ2n) is 7.82. The summed E-state index contributed by atoms with van der Waals surface area (Å²) in [6.07, 6.45) is 1.79. The third kappa shape index (κ3) is 3.43. The van der Waals surface area contributed by atoms with Crippen molar-refractivity contribution in [2.24, 2.45) is 5.41 Å². The average molecular weight is 370 g/mol. The number of aromatic nitrogens is 2. The van der Waals surface area contributed by atoms with Crippen molar-refractivity contribution in [2.45, 2.75) is 39.5 Å². The van der Waals surface area contributed by atoms with Crippen molar-refractivity contribution in [1.29, 1.82) is 0 Å². The molecule has 1 atom stereocenters. The van der Waals surface area contributed by atoms with Gasteiger partial charge >= 0.3 is 6.03 Å². The van der Waals surface area contributed by atoms with Gasteiger partial charge in [0.2, 0.25) is 5.89 Å².